The zero-order valence-electron chi connectivity index (χ0n) is 16.4. The van der Waals surface area contributed by atoms with Crippen LogP contribution in [0, 0.1) is 23.2 Å². The number of aromatic nitrogens is 2. The zero-order chi connectivity index (χ0) is 19.7. The van der Waals surface area contributed by atoms with E-state index >= 15 is 0 Å². The first kappa shape index (κ1) is 18.6. The highest BCUT2D eigenvalue weighted by atomic mass is 16.2. The number of nitriles is 1. The van der Waals surface area contributed by atoms with Gasteiger partial charge in [0.05, 0.1) is 17.2 Å². The minimum absolute atomic E-state index is 0.0398. The first-order valence-corrected chi connectivity index (χ1v) is 9.94. The first-order valence-electron chi connectivity index (χ1n) is 9.94. The molecule has 1 amide bonds. The number of fused-ring (bicyclic) bond motifs is 1. The van der Waals surface area contributed by atoms with Gasteiger partial charge in [-0.05, 0) is 51.0 Å². The highest BCUT2D eigenvalue weighted by Crippen LogP contribution is 2.33. The van der Waals surface area contributed by atoms with Crippen LogP contribution >= 0.6 is 0 Å². The Kier molecular flexibility index (Phi) is 5.14. The predicted molar refractivity (Wildman–Crippen MR) is 108 cm³/mol. The van der Waals surface area contributed by atoms with E-state index in [1.54, 1.807) is 18.5 Å². The molecule has 0 spiro atoms. The minimum atomic E-state index is -0.0398. The lowest BCUT2D eigenvalue weighted by atomic mass is 9.96. The van der Waals surface area contributed by atoms with E-state index < -0.39 is 0 Å². The number of benzene rings is 1. The van der Waals surface area contributed by atoms with Crippen molar-refractivity contribution in [3.63, 3.8) is 0 Å². The second-order valence-corrected chi connectivity index (χ2v) is 8.07. The van der Waals surface area contributed by atoms with Gasteiger partial charge in [-0.25, -0.2) is 0 Å². The number of hydrogen-bond donors (Lipinski definition) is 1. The Morgan fingerprint density at radius 3 is 2.61 bits per heavy atom. The Labute approximate surface area is 165 Å². The van der Waals surface area contributed by atoms with Crippen LogP contribution in [0.15, 0.2) is 24.5 Å². The molecule has 0 aliphatic carbocycles. The van der Waals surface area contributed by atoms with Crippen molar-refractivity contribution in [3.05, 3.63) is 30.1 Å². The van der Waals surface area contributed by atoms with Crippen LogP contribution in [0.1, 0.15) is 25.3 Å². The fourth-order valence-corrected chi connectivity index (χ4v) is 4.35. The Balaban J connectivity index is 1.51. The summed E-state index contributed by atoms with van der Waals surface area (Å²) in [7, 11) is 2.12. The van der Waals surface area contributed by atoms with E-state index in [2.05, 4.69) is 45.1 Å². The van der Waals surface area contributed by atoms with E-state index in [1.165, 1.54) is 0 Å². The van der Waals surface area contributed by atoms with Crippen molar-refractivity contribution < 1.29 is 4.79 Å². The third kappa shape index (κ3) is 3.52. The van der Waals surface area contributed by atoms with Gasteiger partial charge in [0.15, 0.2) is 0 Å². The van der Waals surface area contributed by atoms with E-state index in [0.717, 1.165) is 43.7 Å². The molecule has 2 aromatic rings. The Hall–Kier alpha value is -2.72. The summed E-state index contributed by atoms with van der Waals surface area (Å²) in [6.07, 6.45) is 5.29. The number of nitrogens with one attached hydrogen (secondary N) is 1. The van der Waals surface area contributed by atoms with Crippen LogP contribution in [0.3, 0.4) is 0 Å². The van der Waals surface area contributed by atoms with Crippen LogP contribution in [0.25, 0.3) is 11.0 Å². The molecule has 0 saturated carbocycles. The summed E-state index contributed by atoms with van der Waals surface area (Å²) in [4.78, 5) is 26.3. The Bertz CT molecular complexity index is 915. The second-order valence-electron chi connectivity index (χ2n) is 8.07. The minimum Gasteiger partial charge on any atom is -0.369 e. The van der Waals surface area contributed by atoms with Crippen molar-refractivity contribution in [2.75, 3.05) is 38.1 Å². The van der Waals surface area contributed by atoms with E-state index in [-0.39, 0.29) is 23.8 Å². The SMILES string of the molecule is C[C@H]1CN(c2ccc(C#N)c3nccnc23)CC1C(=O)NC1CCN(C)CC1. The van der Waals surface area contributed by atoms with Gasteiger partial charge in [0.1, 0.15) is 17.1 Å². The van der Waals surface area contributed by atoms with Gasteiger partial charge in [-0.2, -0.15) is 5.26 Å². The molecule has 1 unspecified atom stereocenters. The maximum Gasteiger partial charge on any atom is 0.225 e. The van der Waals surface area contributed by atoms with E-state index in [4.69, 9.17) is 0 Å². The number of hydrogen-bond acceptors (Lipinski definition) is 6. The van der Waals surface area contributed by atoms with Crippen LogP contribution in [0.2, 0.25) is 0 Å². The van der Waals surface area contributed by atoms with Crippen molar-refractivity contribution in [2.45, 2.75) is 25.8 Å². The van der Waals surface area contributed by atoms with Crippen LogP contribution in [0.4, 0.5) is 5.69 Å². The number of nitrogens with zero attached hydrogens (tertiary/aromatic N) is 5. The highest BCUT2D eigenvalue weighted by molar-refractivity contribution is 5.92. The molecule has 0 bridgehead atoms. The van der Waals surface area contributed by atoms with Crippen molar-refractivity contribution in [1.29, 1.82) is 5.26 Å². The van der Waals surface area contributed by atoms with Crippen LogP contribution in [-0.4, -0.2) is 60.0 Å². The monoisotopic (exact) mass is 378 g/mol. The number of rotatable bonds is 3. The molecular formula is C21H26N6O. The Morgan fingerprint density at radius 2 is 1.89 bits per heavy atom. The zero-order valence-corrected chi connectivity index (χ0v) is 16.4. The Morgan fingerprint density at radius 1 is 1.18 bits per heavy atom. The fourth-order valence-electron chi connectivity index (χ4n) is 4.35. The summed E-state index contributed by atoms with van der Waals surface area (Å²) in [5.74, 6) is 0.379. The molecule has 28 heavy (non-hydrogen) atoms. The quantitative estimate of drug-likeness (QED) is 0.876. The molecule has 1 N–H and O–H groups in total. The lowest BCUT2D eigenvalue weighted by molar-refractivity contribution is -0.126. The van der Waals surface area contributed by atoms with E-state index in [0.29, 0.717) is 17.6 Å². The number of carbonyl (C=O) groups is 1. The summed E-state index contributed by atoms with van der Waals surface area (Å²) in [5, 5.41) is 12.6. The van der Waals surface area contributed by atoms with Crippen molar-refractivity contribution >= 4 is 22.6 Å². The largest absolute Gasteiger partial charge is 0.369 e. The molecule has 0 radical (unpaired) electrons. The smallest absolute Gasteiger partial charge is 0.225 e. The van der Waals surface area contributed by atoms with E-state index in [9.17, 15) is 10.1 Å². The molecule has 7 heteroatoms. The van der Waals surface area contributed by atoms with E-state index in [1.807, 2.05) is 6.07 Å². The van der Waals surface area contributed by atoms with Gasteiger partial charge >= 0.3 is 0 Å². The van der Waals surface area contributed by atoms with Gasteiger partial charge in [-0.1, -0.05) is 6.92 Å². The topological polar surface area (TPSA) is 85.1 Å². The average Bonchev–Trinajstić information content (AvgIpc) is 3.10. The number of likely N-dealkylation sites (tertiary alicyclic amines) is 1. The molecule has 2 atom stereocenters. The first-order chi connectivity index (χ1) is 13.6. The third-order valence-corrected chi connectivity index (χ3v) is 6.08. The van der Waals surface area contributed by atoms with Crippen LogP contribution < -0.4 is 10.2 Å². The molecule has 146 valence electrons. The lowest BCUT2D eigenvalue weighted by Gasteiger charge is -2.30. The third-order valence-electron chi connectivity index (χ3n) is 6.08. The standard InChI is InChI=1S/C21H26N6O/c1-14-12-27(13-17(14)21(28)25-16-5-9-26(2)10-6-16)18-4-3-15(11-22)19-20(18)24-8-7-23-19/h3-4,7-8,14,16-17H,5-6,9-10,12-13H2,1-2H3,(H,25,28)/t14-,17?/m0/s1. The average molecular weight is 378 g/mol. The molecule has 1 aromatic heterocycles. The summed E-state index contributed by atoms with van der Waals surface area (Å²) in [5.41, 5.74) is 2.82. The fraction of sp³-hybridized carbons (Fsp3) is 0.524. The lowest BCUT2D eigenvalue weighted by Crippen LogP contribution is -2.46. The molecular weight excluding hydrogens is 352 g/mol. The molecule has 2 saturated heterocycles. The van der Waals surface area contributed by atoms with Gasteiger partial charge in [0, 0.05) is 31.5 Å². The summed E-state index contributed by atoms with van der Waals surface area (Å²) in [6, 6.07) is 6.19. The van der Waals surface area contributed by atoms with Gasteiger partial charge < -0.3 is 15.1 Å². The summed E-state index contributed by atoms with van der Waals surface area (Å²) >= 11 is 0. The van der Waals surface area contributed by atoms with Crippen molar-refractivity contribution in [3.8, 4) is 6.07 Å². The van der Waals surface area contributed by atoms with Gasteiger partial charge in [-0.15, -0.1) is 0 Å². The molecule has 4 rings (SSSR count). The van der Waals surface area contributed by atoms with Gasteiger partial charge in [0.25, 0.3) is 0 Å². The van der Waals surface area contributed by atoms with Crippen molar-refractivity contribution in [2.24, 2.45) is 11.8 Å². The molecule has 3 heterocycles. The molecule has 7 nitrogen and oxygen atoms in total. The van der Waals surface area contributed by atoms with Crippen molar-refractivity contribution in [1.82, 2.24) is 20.2 Å². The summed E-state index contributed by atoms with van der Waals surface area (Å²) < 4.78 is 0. The van der Waals surface area contributed by atoms with Crippen LogP contribution in [0.5, 0.6) is 0 Å². The number of amides is 1. The highest BCUT2D eigenvalue weighted by Gasteiger charge is 2.36. The summed E-state index contributed by atoms with van der Waals surface area (Å²) in [6.45, 7) is 5.66. The number of piperidine rings is 1. The number of carbonyl (C=O) groups excluding carboxylic acids is 1. The molecule has 2 aliphatic heterocycles. The number of anilines is 1. The predicted octanol–water partition coefficient (Wildman–Crippen LogP) is 1.78. The normalized spacial score (nSPS) is 23.7. The molecule has 1 aromatic carbocycles. The maximum atomic E-state index is 12.9. The van der Waals surface area contributed by atoms with Gasteiger partial charge in [0.2, 0.25) is 5.91 Å². The maximum absolute atomic E-state index is 12.9. The molecule has 2 aliphatic rings. The van der Waals surface area contributed by atoms with Crippen LogP contribution in [-0.2, 0) is 4.79 Å². The molecule has 2 fully saturated rings. The second kappa shape index (κ2) is 7.72. The van der Waals surface area contributed by atoms with Gasteiger partial charge in [-0.3, -0.25) is 14.8 Å².